The van der Waals surface area contributed by atoms with E-state index in [1.807, 2.05) is 42.6 Å². The minimum absolute atomic E-state index is 0.0990. The number of hydrogen-bond donors (Lipinski definition) is 1. The van der Waals surface area contributed by atoms with Crippen LogP contribution in [0.2, 0.25) is 0 Å². The zero-order chi connectivity index (χ0) is 20.2. The number of anilines is 2. The van der Waals surface area contributed by atoms with Crippen LogP contribution < -0.4 is 19.9 Å². The highest BCUT2D eigenvalue weighted by atomic mass is 16.5. The van der Waals surface area contributed by atoms with Crippen LogP contribution in [0.25, 0.3) is 0 Å². The molecule has 152 valence electrons. The van der Waals surface area contributed by atoms with Gasteiger partial charge >= 0.3 is 0 Å². The molecule has 1 N–H and O–H groups in total. The van der Waals surface area contributed by atoms with Crippen molar-refractivity contribution in [1.82, 2.24) is 10.3 Å². The molecule has 4 rings (SSSR count). The summed E-state index contributed by atoms with van der Waals surface area (Å²) in [6.45, 7) is 4.60. The Morgan fingerprint density at radius 3 is 2.76 bits per heavy atom. The highest BCUT2D eigenvalue weighted by Gasteiger charge is 2.31. The fourth-order valence-electron chi connectivity index (χ4n) is 3.75. The standard InChI is InChI=1S/C22H26N4O3/c1-16-22(28)26(18-6-2-3-7-19(18)29-16)13-10-21(27)24-15-17-8-9-20(23-14-17)25-11-4-5-12-25/h2-3,6-9,14,16H,4-5,10-13,15H2,1H3,(H,24,27). The highest BCUT2D eigenvalue weighted by molar-refractivity contribution is 6.00. The van der Waals surface area contributed by atoms with E-state index < -0.39 is 6.10 Å². The van der Waals surface area contributed by atoms with Gasteiger partial charge in [0.1, 0.15) is 11.6 Å². The SMILES string of the molecule is CC1Oc2ccccc2N(CCC(=O)NCc2ccc(N3CCCC3)nc2)C1=O. The Hall–Kier alpha value is -3.09. The molecule has 1 unspecified atom stereocenters. The van der Waals surface area contributed by atoms with Gasteiger partial charge in [-0.05, 0) is 43.5 Å². The van der Waals surface area contributed by atoms with Gasteiger partial charge in [0.15, 0.2) is 6.10 Å². The molecule has 7 nitrogen and oxygen atoms in total. The number of hydrogen-bond acceptors (Lipinski definition) is 5. The molecule has 1 fully saturated rings. The van der Waals surface area contributed by atoms with Gasteiger partial charge in [0.2, 0.25) is 5.91 Å². The topological polar surface area (TPSA) is 74.8 Å². The zero-order valence-corrected chi connectivity index (χ0v) is 16.6. The van der Waals surface area contributed by atoms with E-state index in [9.17, 15) is 9.59 Å². The van der Waals surface area contributed by atoms with Crippen LogP contribution >= 0.6 is 0 Å². The molecule has 0 aliphatic carbocycles. The number of nitrogens with one attached hydrogen (secondary N) is 1. The summed E-state index contributed by atoms with van der Waals surface area (Å²) >= 11 is 0. The number of carbonyl (C=O) groups excluding carboxylic acids is 2. The second-order valence-corrected chi connectivity index (χ2v) is 7.46. The summed E-state index contributed by atoms with van der Waals surface area (Å²) in [5.74, 6) is 1.44. The Balaban J connectivity index is 1.29. The fourth-order valence-corrected chi connectivity index (χ4v) is 3.75. The van der Waals surface area contributed by atoms with E-state index in [0.29, 0.717) is 24.5 Å². The molecule has 1 atom stereocenters. The van der Waals surface area contributed by atoms with E-state index in [-0.39, 0.29) is 18.2 Å². The van der Waals surface area contributed by atoms with Crippen LogP contribution in [0.4, 0.5) is 11.5 Å². The van der Waals surface area contributed by atoms with Gasteiger partial charge in [-0.1, -0.05) is 18.2 Å². The maximum absolute atomic E-state index is 12.5. The Morgan fingerprint density at radius 1 is 1.21 bits per heavy atom. The average molecular weight is 394 g/mol. The summed E-state index contributed by atoms with van der Waals surface area (Å²) in [6.07, 6.45) is 3.93. The van der Waals surface area contributed by atoms with Crippen LogP contribution in [0.1, 0.15) is 31.7 Å². The molecule has 7 heteroatoms. The van der Waals surface area contributed by atoms with Crippen molar-refractivity contribution >= 4 is 23.3 Å². The van der Waals surface area contributed by atoms with Crippen molar-refractivity contribution in [2.75, 3.05) is 29.4 Å². The lowest BCUT2D eigenvalue weighted by Gasteiger charge is -2.32. The number of para-hydroxylation sites is 2. The number of ether oxygens (including phenoxy) is 1. The first-order valence-electron chi connectivity index (χ1n) is 10.2. The molecule has 3 heterocycles. The maximum atomic E-state index is 12.5. The van der Waals surface area contributed by atoms with Gasteiger partial charge in [-0.2, -0.15) is 0 Å². The largest absolute Gasteiger partial charge is 0.479 e. The van der Waals surface area contributed by atoms with Crippen molar-refractivity contribution in [3.05, 3.63) is 48.2 Å². The number of amides is 2. The number of fused-ring (bicyclic) bond motifs is 1. The second kappa shape index (κ2) is 8.51. The minimum atomic E-state index is -0.548. The van der Waals surface area contributed by atoms with Gasteiger partial charge in [0.25, 0.3) is 5.91 Å². The van der Waals surface area contributed by atoms with E-state index in [0.717, 1.165) is 24.5 Å². The number of carbonyl (C=O) groups is 2. The maximum Gasteiger partial charge on any atom is 0.267 e. The van der Waals surface area contributed by atoms with Gasteiger partial charge in [-0.15, -0.1) is 0 Å². The summed E-state index contributed by atoms with van der Waals surface area (Å²) < 4.78 is 5.63. The molecule has 2 aliphatic rings. The van der Waals surface area contributed by atoms with Gasteiger partial charge in [0.05, 0.1) is 5.69 Å². The lowest BCUT2D eigenvalue weighted by molar-refractivity contribution is -0.125. The summed E-state index contributed by atoms with van der Waals surface area (Å²) in [5.41, 5.74) is 1.67. The van der Waals surface area contributed by atoms with Crippen molar-refractivity contribution in [2.45, 2.75) is 38.8 Å². The van der Waals surface area contributed by atoms with E-state index >= 15 is 0 Å². The predicted octanol–water partition coefficient (Wildman–Crippen LogP) is 2.50. The molecule has 0 radical (unpaired) electrons. The Kier molecular flexibility index (Phi) is 5.64. The third-order valence-corrected chi connectivity index (χ3v) is 5.36. The summed E-state index contributed by atoms with van der Waals surface area (Å²) in [7, 11) is 0. The van der Waals surface area contributed by atoms with Crippen molar-refractivity contribution in [1.29, 1.82) is 0 Å². The molecule has 0 bridgehead atoms. The molecule has 29 heavy (non-hydrogen) atoms. The Labute approximate surface area is 170 Å². The molecule has 0 spiro atoms. The second-order valence-electron chi connectivity index (χ2n) is 7.46. The average Bonchev–Trinajstić information content (AvgIpc) is 3.28. The summed E-state index contributed by atoms with van der Waals surface area (Å²) in [5, 5.41) is 2.92. The quantitative estimate of drug-likeness (QED) is 0.815. The van der Waals surface area contributed by atoms with E-state index in [2.05, 4.69) is 15.2 Å². The molecule has 2 aliphatic heterocycles. The molecular formula is C22H26N4O3. The fraction of sp³-hybridized carbons (Fsp3) is 0.409. The van der Waals surface area contributed by atoms with Crippen molar-refractivity contribution < 1.29 is 14.3 Å². The smallest absolute Gasteiger partial charge is 0.267 e. The van der Waals surface area contributed by atoms with Gasteiger partial charge in [-0.3, -0.25) is 9.59 Å². The zero-order valence-electron chi connectivity index (χ0n) is 16.6. The lowest BCUT2D eigenvalue weighted by atomic mass is 10.1. The van der Waals surface area contributed by atoms with E-state index in [1.54, 1.807) is 11.8 Å². The number of benzene rings is 1. The number of pyridine rings is 1. The molecule has 1 saturated heterocycles. The summed E-state index contributed by atoms with van der Waals surface area (Å²) in [6, 6.07) is 11.4. The van der Waals surface area contributed by atoms with Gasteiger partial charge < -0.3 is 19.9 Å². The van der Waals surface area contributed by atoms with Crippen LogP contribution in [0.15, 0.2) is 42.6 Å². The first-order chi connectivity index (χ1) is 14.1. The monoisotopic (exact) mass is 394 g/mol. The molecule has 1 aromatic heterocycles. The predicted molar refractivity (Wildman–Crippen MR) is 111 cm³/mol. The van der Waals surface area contributed by atoms with Crippen LogP contribution in [-0.2, 0) is 16.1 Å². The third kappa shape index (κ3) is 4.34. The molecular weight excluding hydrogens is 368 g/mol. The number of nitrogens with zero attached hydrogens (tertiary/aromatic N) is 3. The van der Waals surface area contributed by atoms with Crippen LogP contribution in [0.5, 0.6) is 5.75 Å². The normalized spacial score (nSPS) is 18.4. The van der Waals surface area contributed by atoms with Crippen molar-refractivity contribution in [3.8, 4) is 5.75 Å². The first kappa shape index (κ1) is 19.2. The Morgan fingerprint density at radius 2 is 2.00 bits per heavy atom. The van der Waals surface area contributed by atoms with Crippen molar-refractivity contribution in [2.24, 2.45) is 0 Å². The van der Waals surface area contributed by atoms with E-state index in [1.165, 1.54) is 12.8 Å². The third-order valence-electron chi connectivity index (χ3n) is 5.36. The molecule has 1 aromatic carbocycles. The lowest BCUT2D eigenvalue weighted by Crippen LogP contribution is -2.45. The highest BCUT2D eigenvalue weighted by Crippen LogP contribution is 2.33. The first-order valence-corrected chi connectivity index (χ1v) is 10.2. The van der Waals surface area contributed by atoms with Crippen LogP contribution in [0.3, 0.4) is 0 Å². The molecule has 0 saturated carbocycles. The van der Waals surface area contributed by atoms with Gasteiger partial charge in [0, 0.05) is 38.8 Å². The molecule has 2 amide bonds. The minimum Gasteiger partial charge on any atom is -0.479 e. The number of rotatable bonds is 6. The summed E-state index contributed by atoms with van der Waals surface area (Å²) in [4.78, 5) is 33.2. The van der Waals surface area contributed by atoms with E-state index in [4.69, 9.17) is 4.74 Å². The Bertz CT molecular complexity index is 878. The molecule has 2 aromatic rings. The van der Waals surface area contributed by atoms with Crippen LogP contribution in [-0.4, -0.2) is 42.5 Å². The van der Waals surface area contributed by atoms with Crippen LogP contribution in [0, 0.1) is 0 Å². The number of aromatic nitrogens is 1. The van der Waals surface area contributed by atoms with Gasteiger partial charge in [-0.25, -0.2) is 4.98 Å². The van der Waals surface area contributed by atoms with Crippen molar-refractivity contribution in [3.63, 3.8) is 0 Å².